The van der Waals surface area contributed by atoms with Crippen LogP contribution in [-0.2, 0) is 6.54 Å². The van der Waals surface area contributed by atoms with Crippen molar-refractivity contribution in [3.05, 3.63) is 96.1 Å². The first-order chi connectivity index (χ1) is 16.2. The summed E-state index contributed by atoms with van der Waals surface area (Å²) in [5, 5.41) is 2.45. The Morgan fingerprint density at radius 3 is 1.42 bits per heavy atom. The van der Waals surface area contributed by atoms with E-state index in [1.807, 2.05) is 48.5 Å². The van der Waals surface area contributed by atoms with Gasteiger partial charge in [-0.2, -0.15) is 0 Å². The summed E-state index contributed by atoms with van der Waals surface area (Å²) in [4.78, 5) is 22.1. The average Bonchev–Trinajstić information content (AvgIpc) is 3.19. The lowest BCUT2D eigenvalue weighted by atomic mass is 9.99. The maximum Gasteiger partial charge on any atom is 0.150 e. The first kappa shape index (κ1) is 20.9. The fraction of sp³-hybridized carbons (Fsp3) is 0.133. The lowest BCUT2D eigenvalue weighted by molar-refractivity contribution is 0.111. The number of aryl methyl sites for hydroxylation is 1. The molecule has 162 valence electrons. The highest BCUT2D eigenvalue weighted by Gasteiger charge is 2.13. The molecule has 5 aromatic rings. The number of unbranched alkanes of at least 4 members (excludes halogenated alkanes) is 1. The number of fused-ring (bicyclic) bond motifs is 3. The molecule has 0 saturated heterocycles. The van der Waals surface area contributed by atoms with Crippen LogP contribution in [0.5, 0.6) is 0 Å². The van der Waals surface area contributed by atoms with Crippen molar-refractivity contribution in [1.82, 2.24) is 4.57 Å². The minimum Gasteiger partial charge on any atom is -0.340 e. The van der Waals surface area contributed by atoms with Crippen LogP contribution in [-0.4, -0.2) is 17.1 Å². The first-order valence-corrected chi connectivity index (χ1v) is 11.4. The van der Waals surface area contributed by atoms with Gasteiger partial charge in [0.2, 0.25) is 0 Å². The van der Waals surface area contributed by atoms with Gasteiger partial charge in [0, 0.05) is 39.5 Å². The molecule has 3 nitrogen and oxygen atoms in total. The number of aromatic nitrogens is 1. The minimum atomic E-state index is 0.682. The van der Waals surface area contributed by atoms with E-state index in [1.165, 1.54) is 21.8 Å². The summed E-state index contributed by atoms with van der Waals surface area (Å²) in [5.74, 6) is 0. The Labute approximate surface area is 193 Å². The Morgan fingerprint density at radius 1 is 0.606 bits per heavy atom. The summed E-state index contributed by atoms with van der Waals surface area (Å²) < 4.78 is 2.42. The van der Waals surface area contributed by atoms with Crippen LogP contribution in [0.4, 0.5) is 0 Å². The molecule has 4 aromatic carbocycles. The Kier molecular flexibility index (Phi) is 5.62. The maximum absolute atomic E-state index is 11.0. The van der Waals surface area contributed by atoms with E-state index < -0.39 is 0 Å². The van der Waals surface area contributed by atoms with Gasteiger partial charge >= 0.3 is 0 Å². The first-order valence-electron chi connectivity index (χ1n) is 11.4. The molecule has 0 fully saturated rings. The van der Waals surface area contributed by atoms with Crippen molar-refractivity contribution in [3.63, 3.8) is 0 Å². The monoisotopic (exact) mass is 431 g/mol. The Hall–Kier alpha value is -3.98. The Morgan fingerprint density at radius 2 is 1.03 bits per heavy atom. The third-order valence-electron chi connectivity index (χ3n) is 6.36. The van der Waals surface area contributed by atoms with Gasteiger partial charge in [-0.25, -0.2) is 0 Å². The molecule has 33 heavy (non-hydrogen) atoms. The largest absolute Gasteiger partial charge is 0.340 e. The van der Waals surface area contributed by atoms with Crippen LogP contribution in [0, 0.1) is 0 Å². The molecule has 3 heteroatoms. The molecule has 1 aromatic heterocycles. The van der Waals surface area contributed by atoms with Crippen LogP contribution in [0.3, 0.4) is 0 Å². The zero-order valence-electron chi connectivity index (χ0n) is 18.6. The number of benzene rings is 4. The zero-order chi connectivity index (χ0) is 22.8. The highest BCUT2D eigenvalue weighted by molar-refractivity contribution is 6.10. The van der Waals surface area contributed by atoms with Crippen LogP contribution in [0.1, 0.15) is 40.5 Å². The molecule has 0 bridgehead atoms. The molecule has 0 saturated carbocycles. The van der Waals surface area contributed by atoms with Gasteiger partial charge in [-0.3, -0.25) is 9.59 Å². The molecule has 0 atom stereocenters. The number of nitrogens with zero attached hydrogens (tertiary/aromatic N) is 1. The van der Waals surface area contributed by atoms with E-state index in [0.717, 1.165) is 54.2 Å². The summed E-state index contributed by atoms with van der Waals surface area (Å²) in [6.45, 7) is 3.20. The summed E-state index contributed by atoms with van der Waals surface area (Å²) in [7, 11) is 0. The van der Waals surface area contributed by atoms with E-state index in [-0.39, 0.29) is 0 Å². The highest BCUT2D eigenvalue weighted by Crippen LogP contribution is 2.35. The fourth-order valence-electron chi connectivity index (χ4n) is 4.53. The van der Waals surface area contributed by atoms with Crippen molar-refractivity contribution in [1.29, 1.82) is 0 Å². The third-order valence-corrected chi connectivity index (χ3v) is 6.36. The number of carbonyl (C=O) groups is 2. The lowest BCUT2D eigenvalue weighted by Gasteiger charge is -2.08. The molecule has 0 aliphatic carbocycles. The van der Waals surface area contributed by atoms with Crippen molar-refractivity contribution >= 4 is 34.4 Å². The van der Waals surface area contributed by atoms with Gasteiger partial charge in [-0.15, -0.1) is 0 Å². The van der Waals surface area contributed by atoms with Gasteiger partial charge in [0.05, 0.1) is 0 Å². The molecule has 0 amide bonds. The SMILES string of the molecule is CCCCn1c2ccc(-c3ccc(C=O)cc3)cc2c2cc(-c3ccc(C=O)cc3)ccc21. The van der Waals surface area contributed by atoms with E-state index in [4.69, 9.17) is 0 Å². The highest BCUT2D eigenvalue weighted by atomic mass is 16.1. The van der Waals surface area contributed by atoms with E-state index in [2.05, 4.69) is 47.9 Å². The molecular weight excluding hydrogens is 406 g/mol. The Bertz CT molecular complexity index is 1350. The molecule has 0 aliphatic rings. The van der Waals surface area contributed by atoms with Gasteiger partial charge in [0.25, 0.3) is 0 Å². The number of hydrogen-bond acceptors (Lipinski definition) is 2. The quantitative estimate of drug-likeness (QED) is 0.250. The van der Waals surface area contributed by atoms with E-state index in [9.17, 15) is 9.59 Å². The second-order valence-electron chi connectivity index (χ2n) is 8.45. The van der Waals surface area contributed by atoms with Crippen molar-refractivity contribution in [2.45, 2.75) is 26.3 Å². The van der Waals surface area contributed by atoms with Crippen molar-refractivity contribution in [2.75, 3.05) is 0 Å². The van der Waals surface area contributed by atoms with Gasteiger partial charge < -0.3 is 4.57 Å². The number of hydrogen-bond donors (Lipinski definition) is 0. The van der Waals surface area contributed by atoms with E-state index in [1.54, 1.807) is 0 Å². The standard InChI is InChI=1S/C30H25NO2/c1-2-3-16-31-29-14-12-25(23-8-4-21(19-32)5-9-23)17-27(29)28-18-26(13-15-30(28)31)24-10-6-22(20-33)7-11-24/h4-15,17-20H,2-3,16H2,1H3. The second kappa shape index (κ2) is 8.87. The Balaban J connectivity index is 1.69. The summed E-state index contributed by atoms with van der Waals surface area (Å²) in [5.41, 5.74) is 8.29. The lowest BCUT2D eigenvalue weighted by Crippen LogP contribution is -1.97. The van der Waals surface area contributed by atoms with Crippen LogP contribution in [0.25, 0.3) is 44.1 Å². The molecule has 0 spiro atoms. The molecule has 1 heterocycles. The van der Waals surface area contributed by atoms with Crippen LogP contribution >= 0.6 is 0 Å². The van der Waals surface area contributed by atoms with Crippen LogP contribution in [0.15, 0.2) is 84.9 Å². The van der Waals surface area contributed by atoms with Gasteiger partial charge in [0.1, 0.15) is 12.6 Å². The van der Waals surface area contributed by atoms with Crippen molar-refractivity contribution in [3.8, 4) is 22.3 Å². The molecular formula is C30H25NO2. The normalized spacial score (nSPS) is 11.2. The fourth-order valence-corrected chi connectivity index (χ4v) is 4.53. The van der Waals surface area contributed by atoms with E-state index >= 15 is 0 Å². The van der Waals surface area contributed by atoms with Crippen molar-refractivity contribution in [2.24, 2.45) is 0 Å². The minimum absolute atomic E-state index is 0.682. The third kappa shape index (κ3) is 3.87. The van der Waals surface area contributed by atoms with Gasteiger partial charge in [0.15, 0.2) is 0 Å². The zero-order valence-corrected chi connectivity index (χ0v) is 18.6. The summed E-state index contributed by atoms with van der Waals surface area (Å²) in [6, 6.07) is 28.7. The number of carbonyl (C=O) groups excluding carboxylic acids is 2. The van der Waals surface area contributed by atoms with Gasteiger partial charge in [-0.05, 0) is 52.9 Å². The predicted octanol–water partition coefficient (Wildman–Crippen LogP) is 7.55. The van der Waals surface area contributed by atoms with E-state index in [0.29, 0.717) is 11.1 Å². The van der Waals surface area contributed by atoms with Crippen LogP contribution in [0.2, 0.25) is 0 Å². The molecule has 0 N–H and O–H groups in total. The smallest absolute Gasteiger partial charge is 0.150 e. The van der Waals surface area contributed by atoms with Crippen molar-refractivity contribution < 1.29 is 9.59 Å². The predicted molar refractivity (Wildman–Crippen MR) is 136 cm³/mol. The van der Waals surface area contributed by atoms with Gasteiger partial charge in [-0.1, -0.05) is 74.0 Å². The average molecular weight is 432 g/mol. The second-order valence-corrected chi connectivity index (χ2v) is 8.45. The van der Waals surface area contributed by atoms with Crippen LogP contribution < -0.4 is 0 Å². The molecule has 0 unspecified atom stereocenters. The number of aldehydes is 2. The molecule has 5 rings (SSSR count). The maximum atomic E-state index is 11.0. The summed E-state index contributed by atoms with van der Waals surface area (Å²) >= 11 is 0. The summed E-state index contributed by atoms with van der Waals surface area (Å²) in [6.07, 6.45) is 4.02. The number of rotatable bonds is 7. The molecule has 0 radical (unpaired) electrons. The topological polar surface area (TPSA) is 39.1 Å². The molecule has 0 aliphatic heterocycles.